The van der Waals surface area contributed by atoms with E-state index in [0.717, 1.165) is 12.8 Å². The van der Waals surface area contributed by atoms with Crippen molar-refractivity contribution in [2.75, 3.05) is 13.1 Å². The summed E-state index contributed by atoms with van der Waals surface area (Å²) in [7, 11) is 0. The Labute approximate surface area is 110 Å². The predicted molar refractivity (Wildman–Crippen MR) is 64.5 cm³/mol. The van der Waals surface area contributed by atoms with Gasteiger partial charge in [-0.2, -0.15) is 0 Å². The van der Waals surface area contributed by atoms with Gasteiger partial charge in [-0.25, -0.2) is 8.78 Å². The van der Waals surface area contributed by atoms with E-state index in [-0.39, 0.29) is 6.54 Å². The number of halogens is 2. The fourth-order valence-electron chi connectivity index (χ4n) is 2.84. The Morgan fingerprint density at radius 1 is 1.32 bits per heavy atom. The Kier molecular flexibility index (Phi) is 3.75. The summed E-state index contributed by atoms with van der Waals surface area (Å²) in [6, 6.07) is -0.888. The zero-order valence-corrected chi connectivity index (χ0v) is 10.7. The molecule has 1 aliphatic heterocycles. The summed E-state index contributed by atoms with van der Waals surface area (Å²) >= 11 is 0. The van der Waals surface area contributed by atoms with Crippen molar-refractivity contribution in [2.45, 2.75) is 44.1 Å². The van der Waals surface area contributed by atoms with Crippen LogP contribution in [0.4, 0.5) is 8.78 Å². The highest BCUT2D eigenvalue weighted by Gasteiger charge is 2.44. The minimum Gasteiger partial charge on any atom is -0.369 e. The van der Waals surface area contributed by atoms with Crippen LogP contribution in [0.2, 0.25) is 0 Å². The van der Waals surface area contributed by atoms with Gasteiger partial charge in [-0.1, -0.05) is 12.8 Å². The van der Waals surface area contributed by atoms with Crippen molar-refractivity contribution in [3.05, 3.63) is 0 Å². The maximum Gasteiger partial charge on any atom is 0.262 e. The Balaban J connectivity index is 1.88. The van der Waals surface area contributed by atoms with Crippen molar-refractivity contribution in [1.82, 2.24) is 10.6 Å². The topological polar surface area (TPSA) is 84.2 Å². The molecule has 2 amide bonds. The Hall–Kier alpha value is -1.24. The molecule has 0 aromatic heterocycles. The van der Waals surface area contributed by atoms with Gasteiger partial charge in [0.15, 0.2) is 0 Å². The van der Waals surface area contributed by atoms with Crippen LogP contribution in [-0.2, 0) is 9.59 Å². The molecule has 7 heteroatoms. The third kappa shape index (κ3) is 3.02. The summed E-state index contributed by atoms with van der Waals surface area (Å²) in [5, 5.41) is 5.08. The van der Waals surface area contributed by atoms with Crippen molar-refractivity contribution in [1.29, 1.82) is 0 Å². The van der Waals surface area contributed by atoms with Gasteiger partial charge in [0, 0.05) is 13.0 Å². The second-order valence-corrected chi connectivity index (χ2v) is 5.56. The summed E-state index contributed by atoms with van der Waals surface area (Å²) in [4.78, 5) is 23.3. The lowest BCUT2D eigenvalue weighted by molar-refractivity contribution is -0.129. The quantitative estimate of drug-likeness (QED) is 0.682. The predicted octanol–water partition coefficient (Wildman–Crippen LogP) is 0.145. The summed E-state index contributed by atoms with van der Waals surface area (Å²) in [5.41, 5.74) is 4.69. The fourth-order valence-corrected chi connectivity index (χ4v) is 2.84. The van der Waals surface area contributed by atoms with Crippen molar-refractivity contribution in [3.8, 4) is 0 Å². The first-order valence-electron chi connectivity index (χ1n) is 6.54. The first-order valence-corrected chi connectivity index (χ1v) is 6.54. The number of nitrogens with one attached hydrogen (secondary N) is 2. The SMILES string of the molecule is NC(=O)C1(CNC(=O)C2CC(F)(F)CN2)CCCC1. The van der Waals surface area contributed by atoms with E-state index in [1.54, 1.807) is 0 Å². The first-order chi connectivity index (χ1) is 8.85. The summed E-state index contributed by atoms with van der Waals surface area (Å²) < 4.78 is 26.0. The molecule has 19 heavy (non-hydrogen) atoms. The number of amides is 2. The smallest absolute Gasteiger partial charge is 0.262 e. The van der Waals surface area contributed by atoms with Gasteiger partial charge < -0.3 is 11.1 Å². The molecular formula is C12H19F2N3O2. The van der Waals surface area contributed by atoms with Gasteiger partial charge in [0.1, 0.15) is 0 Å². The summed E-state index contributed by atoms with van der Waals surface area (Å²) in [5.74, 6) is -3.74. The van der Waals surface area contributed by atoms with Crippen LogP contribution in [-0.4, -0.2) is 36.9 Å². The number of carbonyl (C=O) groups is 2. The van der Waals surface area contributed by atoms with Gasteiger partial charge in [-0.3, -0.25) is 14.9 Å². The maximum atomic E-state index is 13.0. The van der Waals surface area contributed by atoms with E-state index in [1.807, 2.05) is 0 Å². The molecule has 1 atom stereocenters. The average molecular weight is 275 g/mol. The molecule has 108 valence electrons. The second kappa shape index (κ2) is 5.03. The van der Waals surface area contributed by atoms with Gasteiger partial charge in [-0.15, -0.1) is 0 Å². The molecule has 4 N–H and O–H groups in total. The zero-order valence-electron chi connectivity index (χ0n) is 10.7. The monoisotopic (exact) mass is 275 g/mol. The van der Waals surface area contributed by atoms with Crippen LogP contribution < -0.4 is 16.4 Å². The van der Waals surface area contributed by atoms with Crippen LogP contribution in [0.1, 0.15) is 32.1 Å². The van der Waals surface area contributed by atoms with Crippen LogP contribution in [0.25, 0.3) is 0 Å². The van der Waals surface area contributed by atoms with Gasteiger partial charge in [0.25, 0.3) is 5.92 Å². The number of rotatable bonds is 4. The third-order valence-corrected chi connectivity index (χ3v) is 4.11. The van der Waals surface area contributed by atoms with E-state index in [9.17, 15) is 18.4 Å². The Morgan fingerprint density at radius 3 is 2.42 bits per heavy atom. The highest BCUT2D eigenvalue weighted by atomic mass is 19.3. The minimum absolute atomic E-state index is 0.144. The van der Waals surface area contributed by atoms with E-state index in [4.69, 9.17) is 5.73 Å². The van der Waals surface area contributed by atoms with Gasteiger partial charge >= 0.3 is 0 Å². The molecule has 0 aromatic rings. The van der Waals surface area contributed by atoms with Crippen LogP contribution in [0, 0.1) is 5.41 Å². The fraction of sp³-hybridized carbons (Fsp3) is 0.833. The largest absolute Gasteiger partial charge is 0.369 e. The van der Waals surface area contributed by atoms with Crippen molar-refractivity contribution >= 4 is 11.8 Å². The van der Waals surface area contributed by atoms with E-state index in [0.29, 0.717) is 12.8 Å². The van der Waals surface area contributed by atoms with Crippen molar-refractivity contribution in [3.63, 3.8) is 0 Å². The van der Waals surface area contributed by atoms with Crippen molar-refractivity contribution < 1.29 is 18.4 Å². The number of nitrogens with two attached hydrogens (primary N) is 1. The lowest BCUT2D eigenvalue weighted by Crippen LogP contribution is -2.48. The van der Waals surface area contributed by atoms with E-state index in [1.165, 1.54) is 0 Å². The number of hydrogen-bond acceptors (Lipinski definition) is 3. The molecule has 2 aliphatic rings. The zero-order chi connectivity index (χ0) is 14.1. The number of hydrogen-bond donors (Lipinski definition) is 3. The molecule has 2 fully saturated rings. The van der Waals surface area contributed by atoms with Gasteiger partial charge in [0.2, 0.25) is 11.8 Å². The molecule has 0 bridgehead atoms. The molecular weight excluding hydrogens is 256 g/mol. The minimum atomic E-state index is -2.84. The van der Waals surface area contributed by atoms with Crippen LogP contribution >= 0.6 is 0 Å². The lowest BCUT2D eigenvalue weighted by atomic mass is 9.85. The molecule has 1 heterocycles. The standard InChI is InChI=1S/C12H19F2N3O2/c13-12(14)5-8(16-7-12)9(18)17-6-11(10(15)19)3-1-2-4-11/h8,16H,1-7H2,(H2,15,19)(H,17,18). The molecule has 1 saturated carbocycles. The number of primary amides is 1. The Bertz CT molecular complexity index is 381. The lowest BCUT2D eigenvalue weighted by Gasteiger charge is -2.26. The van der Waals surface area contributed by atoms with E-state index < -0.39 is 42.2 Å². The van der Waals surface area contributed by atoms with Crippen molar-refractivity contribution in [2.24, 2.45) is 11.1 Å². The normalized spacial score (nSPS) is 28.2. The van der Waals surface area contributed by atoms with Gasteiger partial charge in [-0.05, 0) is 12.8 Å². The van der Waals surface area contributed by atoms with E-state index in [2.05, 4.69) is 10.6 Å². The van der Waals surface area contributed by atoms with Crippen LogP contribution in [0.15, 0.2) is 0 Å². The molecule has 0 radical (unpaired) electrons. The number of carbonyl (C=O) groups excluding carboxylic acids is 2. The molecule has 1 aliphatic carbocycles. The molecule has 0 aromatic carbocycles. The molecule has 2 rings (SSSR count). The maximum absolute atomic E-state index is 13.0. The van der Waals surface area contributed by atoms with Crippen LogP contribution in [0.5, 0.6) is 0 Å². The highest BCUT2D eigenvalue weighted by molar-refractivity contribution is 5.85. The third-order valence-electron chi connectivity index (χ3n) is 4.11. The van der Waals surface area contributed by atoms with Crippen LogP contribution in [0.3, 0.4) is 0 Å². The first kappa shape index (κ1) is 14.2. The molecule has 1 saturated heterocycles. The molecule has 1 unspecified atom stereocenters. The van der Waals surface area contributed by atoms with Gasteiger partial charge in [0.05, 0.1) is 18.0 Å². The molecule has 0 spiro atoms. The average Bonchev–Trinajstić information content (AvgIpc) is 2.93. The molecule has 5 nitrogen and oxygen atoms in total. The summed E-state index contributed by atoms with van der Waals surface area (Å²) in [6.07, 6.45) is 2.60. The highest BCUT2D eigenvalue weighted by Crippen LogP contribution is 2.37. The second-order valence-electron chi connectivity index (χ2n) is 5.56. The Morgan fingerprint density at radius 2 is 1.95 bits per heavy atom. The summed E-state index contributed by atoms with van der Waals surface area (Å²) in [6.45, 7) is -0.336. The van der Waals surface area contributed by atoms with E-state index >= 15 is 0 Å². The number of alkyl halides is 2.